The van der Waals surface area contributed by atoms with Crippen LogP contribution in [-0.2, 0) is 6.54 Å². The fraction of sp³-hybridized carbons (Fsp3) is 0.571. The highest BCUT2D eigenvalue weighted by molar-refractivity contribution is 5.11. The van der Waals surface area contributed by atoms with Gasteiger partial charge in [-0.25, -0.2) is 0 Å². The van der Waals surface area contributed by atoms with Crippen molar-refractivity contribution in [3.05, 3.63) is 12.4 Å². The zero-order chi connectivity index (χ0) is 8.10. The van der Waals surface area contributed by atoms with Crippen LogP contribution >= 0.6 is 0 Å². The lowest BCUT2D eigenvalue weighted by Crippen LogP contribution is -2.01. The van der Waals surface area contributed by atoms with Gasteiger partial charge in [-0.3, -0.25) is 4.68 Å². The van der Waals surface area contributed by atoms with E-state index in [-0.39, 0.29) is 6.61 Å². The topological polar surface area (TPSA) is 47.3 Å². The monoisotopic (exact) mass is 156 g/mol. The number of rotatable bonds is 4. The fourth-order valence-corrected chi connectivity index (χ4v) is 0.811. The van der Waals surface area contributed by atoms with Gasteiger partial charge in [0, 0.05) is 0 Å². The molecule has 0 aromatic carbocycles. The second kappa shape index (κ2) is 3.98. The van der Waals surface area contributed by atoms with Gasteiger partial charge in [0.25, 0.3) is 0 Å². The summed E-state index contributed by atoms with van der Waals surface area (Å²) in [5.74, 6) is 0.751. The predicted octanol–water partition coefficient (Wildman–Crippen LogP) is 0.274. The second-order valence-electron chi connectivity index (χ2n) is 2.10. The van der Waals surface area contributed by atoms with Crippen LogP contribution in [-0.4, -0.2) is 28.1 Å². The molecule has 0 spiro atoms. The Morgan fingerprint density at radius 3 is 3.18 bits per heavy atom. The van der Waals surface area contributed by atoms with Crippen molar-refractivity contribution in [3.63, 3.8) is 0 Å². The van der Waals surface area contributed by atoms with Gasteiger partial charge in [0.05, 0.1) is 32.2 Å². The molecule has 0 radical (unpaired) electrons. The fourth-order valence-electron chi connectivity index (χ4n) is 0.811. The van der Waals surface area contributed by atoms with Crippen LogP contribution in [0, 0.1) is 0 Å². The molecular weight excluding hydrogens is 144 g/mol. The zero-order valence-corrected chi connectivity index (χ0v) is 6.53. The molecule has 1 rings (SSSR count). The van der Waals surface area contributed by atoms with E-state index in [4.69, 9.17) is 9.84 Å². The van der Waals surface area contributed by atoms with Crippen molar-refractivity contribution in [2.24, 2.45) is 0 Å². The van der Waals surface area contributed by atoms with Crippen LogP contribution in [0.2, 0.25) is 0 Å². The van der Waals surface area contributed by atoms with Crippen LogP contribution in [0.15, 0.2) is 12.4 Å². The molecule has 0 bridgehead atoms. The smallest absolute Gasteiger partial charge is 0.157 e. The number of aliphatic hydroxyl groups is 1. The van der Waals surface area contributed by atoms with E-state index in [0.29, 0.717) is 13.2 Å². The largest absolute Gasteiger partial charge is 0.491 e. The molecule has 0 saturated carbocycles. The summed E-state index contributed by atoms with van der Waals surface area (Å²) < 4.78 is 6.81. The number of nitrogens with zero attached hydrogens (tertiary/aromatic N) is 2. The molecule has 1 aromatic rings. The Hall–Kier alpha value is -1.03. The van der Waals surface area contributed by atoms with Crippen LogP contribution in [0.1, 0.15) is 6.92 Å². The van der Waals surface area contributed by atoms with Crippen LogP contribution in [0.4, 0.5) is 0 Å². The van der Waals surface area contributed by atoms with Gasteiger partial charge in [-0.1, -0.05) is 0 Å². The quantitative estimate of drug-likeness (QED) is 0.680. The summed E-state index contributed by atoms with van der Waals surface area (Å²) in [5, 5.41) is 12.5. The Morgan fingerprint density at radius 1 is 1.73 bits per heavy atom. The van der Waals surface area contributed by atoms with Gasteiger partial charge in [0.2, 0.25) is 0 Å². The van der Waals surface area contributed by atoms with E-state index < -0.39 is 0 Å². The van der Waals surface area contributed by atoms with Crippen LogP contribution < -0.4 is 4.74 Å². The van der Waals surface area contributed by atoms with E-state index >= 15 is 0 Å². The molecule has 11 heavy (non-hydrogen) atoms. The first-order chi connectivity index (χ1) is 5.36. The van der Waals surface area contributed by atoms with Gasteiger partial charge < -0.3 is 9.84 Å². The molecule has 1 aromatic heterocycles. The highest BCUT2D eigenvalue weighted by Gasteiger charge is 1.95. The average molecular weight is 156 g/mol. The maximum absolute atomic E-state index is 8.56. The third-order valence-electron chi connectivity index (χ3n) is 1.25. The lowest BCUT2D eigenvalue weighted by Gasteiger charge is -1.96. The molecule has 0 aliphatic heterocycles. The molecular formula is C7H12N2O2. The SMILES string of the molecule is CCOc1cnn(CCO)c1. The minimum absolute atomic E-state index is 0.104. The predicted molar refractivity (Wildman–Crippen MR) is 40.5 cm³/mol. The summed E-state index contributed by atoms with van der Waals surface area (Å²) >= 11 is 0. The summed E-state index contributed by atoms with van der Waals surface area (Å²) in [7, 11) is 0. The van der Waals surface area contributed by atoms with Crippen LogP contribution in [0.5, 0.6) is 5.75 Å². The van der Waals surface area contributed by atoms with Crippen molar-refractivity contribution < 1.29 is 9.84 Å². The molecule has 4 heteroatoms. The number of hydrogen-bond donors (Lipinski definition) is 1. The van der Waals surface area contributed by atoms with E-state index in [2.05, 4.69) is 5.10 Å². The van der Waals surface area contributed by atoms with E-state index in [0.717, 1.165) is 5.75 Å². The Morgan fingerprint density at radius 2 is 2.55 bits per heavy atom. The molecule has 0 atom stereocenters. The van der Waals surface area contributed by atoms with Crippen molar-refractivity contribution in [1.82, 2.24) is 9.78 Å². The Balaban J connectivity index is 2.51. The molecule has 0 saturated heterocycles. The van der Waals surface area contributed by atoms with E-state index in [1.807, 2.05) is 6.92 Å². The number of aromatic nitrogens is 2. The Kier molecular flexibility index (Phi) is 2.92. The maximum Gasteiger partial charge on any atom is 0.157 e. The molecule has 0 unspecified atom stereocenters. The molecule has 1 heterocycles. The van der Waals surface area contributed by atoms with Crippen molar-refractivity contribution >= 4 is 0 Å². The maximum atomic E-state index is 8.56. The van der Waals surface area contributed by atoms with Gasteiger partial charge in [0.15, 0.2) is 5.75 Å². The summed E-state index contributed by atoms with van der Waals surface area (Å²) in [5.41, 5.74) is 0. The number of aliphatic hydroxyl groups excluding tert-OH is 1. The van der Waals surface area contributed by atoms with Gasteiger partial charge in [-0.15, -0.1) is 0 Å². The highest BCUT2D eigenvalue weighted by Crippen LogP contribution is 2.06. The lowest BCUT2D eigenvalue weighted by molar-refractivity contribution is 0.269. The van der Waals surface area contributed by atoms with E-state index in [1.54, 1.807) is 17.1 Å². The molecule has 62 valence electrons. The molecule has 0 aliphatic rings. The van der Waals surface area contributed by atoms with Crippen LogP contribution in [0.25, 0.3) is 0 Å². The third kappa shape index (κ3) is 2.23. The molecule has 0 amide bonds. The lowest BCUT2D eigenvalue weighted by atomic mass is 10.6. The van der Waals surface area contributed by atoms with Crippen molar-refractivity contribution in [3.8, 4) is 5.75 Å². The van der Waals surface area contributed by atoms with Gasteiger partial charge in [-0.05, 0) is 6.92 Å². The number of ether oxygens (including phenoxy) is 1. The molecule has 4 nitrogen and oxygen atoms in total. The first kappa shape index (κ1) is 8.07. The average Bonchev–Trinajstić information content (AvgIpc) is 2.38. The van der Waals surface area contributed by atoms with E-state index in [9.17, 15) is 0 Å². The summed E-state index contributed by atoms with van der Waals surface area (Å²) in [6, 6.07) is 0. The second-order valence-corrected chi connectivity index (χ2v) is 2.10. The Labute approximate surface area is 65.4 Å². The zero-order valence-electron chi connectivity index (χ0n) is 6.53. The minimum Gasteiger partial charge on any atom is -0.491 e. The van der Waals surface area contributed by atoms with Crippen molar-refractivity contribution in [2.45, 2.75) is 13.5 Å². The van der Waals surface area contributed by atoms with E-state index in [1.165, 1.54) is 0 Å². The minimum atomic E-state index is 0.104. The van der Waals surface area contributed by atoms with Gasteiger partial charge >= 0.3 is 0 Å². The number of hydrogen-bond acceptors (Lipinski definition) is 3. The van der Waals surface area contributed by atoms with Crippen molar-refractivity contribution in [2.75, 3.05) is 13.2 Å². The first-order valence-corrected chi connectivity index (χ1v) is 3.63. The Bertz CT molecular complexity index is 189. The summed E-state index contributed by atoms with van der Waals surface area (Å²) in [6.07, 6.45) is 3.40. The molecule has 0 aliphatic carbocycles. The molecule has 0 fully saturated rings. The molecule has 1 N–H and O–H groups in total. The van der Waals surface area contributed by atoms with Crippen molar-refractivity contribution in [1.29, 1.82) is 0 Å². The van der Waals surface area contributed by atoms with Gasteiger partial charge in [0.1, 0.15) is 0 Å². The third-order valence-corrected chi connectivity index (χ3v) is 1.25. The normalized spacial score (nSPS) is 10.0. The highest BCUT2D eigenvalue weighted by atomic mass is 16.5. The van der Waals surface area contributed by atoms with Gasteiger partial charge in [-0.2, -0.15) is 5.10 Å². The summed E-state index contributed by atoms with van der Waals surface area (Å²) in [6.45, 7) is 3.19. The first-order valence-electron chi connectivity index (χ1n) is 3.63. The van der Waals surface area contributed by atoms with Crippen LogP contribution in [0.3, 0.4) is 0 Å². The standard InChI is InChI=1S/C7H12N2O2/c1-2-11-7-5-8-9(6-7)3-4-10/h5-6,10H,2-4H2,1H3. The summed E-state index contributed by atoms with van der Waals surface area (Å²) in [4.78, 5) is 0.